The zero-order valence-electron chi connectivity index (χ0n) is 11.3. The van der Waals surface area contributed by atoms with Gasteiger partial charge in [-0.3, -0.25) is 4.79 Å². The zero-order valence-corrected chi connectivity index (χ0v) is 13.7. The van der Waals surface area contributed by atoms with E-state index in [4.69, 9.17) is 10.7 Å². The van der Waals surface area contributed by atoms with Gasteiger partial charge in [0.2, 0.25) is 9.05 Å². The summed E-state index contributed by atoms with van der Waals surface area (Å²) in [4.78, 5) is 11.1. The van der Waals surface area contributed by atoms with Crippen molar-refractivity contribution in [2.24, 2.45) is 0 Å². The average Bonchev–Trinajstić information content (AvgIpc) is 2.29. The van der Waals surface area contributed by atoms with Gasteiger partial charge in [0, 0.05) is 21.8 Å². The van der Waals surface area contributed by atoms with Gasteiger partial charge in [0.25, 0.3) is 0 Å². The Morgan fingerprint density at radius 2 is 1.62 bits per heavy atom. The molecule has 6 nitrogen and oxygen atoms in total. The van der Waals surface area contributed by atoms with E-state index in [1.807, 2.05) is 0 Å². The maximum Gasteiger partial charge on any atom is 0.488 e. The van der Waals surface area contributed by atoms with Crippen LogP contribution in [0.1, 0.15) is 32.6 Å². The molecule has 0 aliphatic carbocycles. The van der Waals surface area contributed by atoms with Gasteiger partial charge in [-0.25, -0.2) is 8.42 Å². The highest BCUT2D eigenvalue weighted by Gasteiger charge is 2.24. The van der Waals surface area contributed by atoms with Gasteiger partial charge >= 0.3 is 10.5 Å². The van der Waals surface area contributed by atoms with Gasteiger partial charge in [-0.15, -0.1) is 0 Å². The Balaban J connectivity index is 3.74. The van der Waals surface area contributed by atoms with Gasteiger partial charge < -0.3 is 4.18 Å². The Bertz CT molecular complexity index is 737. The molecule has 0 spiro atoms. The fourth-order valence-corrected chi connectivity index (χ4v) is 3.61. The zero-order chi connectivity index (χ0) is 16.6. The molecule has 0 atom stereocenters. The molecule has 0 bridgehead atoms. The Kier molecular flexibility index (Phi) is 5.01. The van der Waals surface area contributed by atoms with Crippen LogP contribution in [-0.2, 0) is 25.3 Å². The molecule has 0 aliphatic rings. The second kappa shape index (κ2) is 5.90. The van der Waals surface area contributed by atoms with E-state index in [2.05, 4.69) is 4.18 Å². The smallest absolute Gasteiger partial charge is 0.358 e. The van der Waals surface area contributed by atoms with Gasteiger partial charge in [0.05, 0.1) is 5.75 Å². The first-order valence-corrected chi connectivity index (χ1v) is 9.30. The molecule has 1 aromatic carbocycles. The average molecular weight is 359 g/mol. The number of carbonyl (C=O) groups is 1. The number of hydrogen-bond acceptors (Lipinski definition) is 6. The van der Waals surface area contributed by atoms with E-state index in [1.165, 1.54) is 20.8 Å². The van der Waals surface area contributed by atoms with E-state index < -0.39 is 31.1 Å². The van der Waals surface area contributed by atoms with Crippen LogP contribution in [-0.4, -0.2) is 23.1 Å². The summed E-state index contributed by atoms with van der Waals surface area (Å²) in [5.41, 5.74) is 0.608. The van der Waals surface area contributed by atoms with Crippen LogP contribution in [0, 0.1) is 20.8 Å². The summed E-state index contributed by atoms with van der Waals surface area (Å²) < 4.78 is 60.8. The summed E-state index contributed by atoms with van der Waals surface area (Å²) in [5.74, 6) is -1.06. The third-order valence-corrected chi connectivity index (χ3v) is 4.34. The van der Waals surface area contributed by atoms with Crippen LogP contribution in [0.4, 0.5) is 3.89 Å². The van der Waals surface area contributed by atoms with E-state index in [0.29, 0.717) is 11.8 Å². The van der Waals surface area contributed by atoms with Gasteiger partial charge in [0.15, 0.2) is 12.0 Å². The van der Waals surface area contributed by atoms with E-state index in [0.717, 1.165) is 0 Å². The molecule has 0 radical (unpaired) electrons. The van der Waals surface area contributed by atoms with Crippen molar-refractivity contribution in [3.8, 4) is 5.75 Å². The molecule has 10 heteroatoms. The van der Waals surface area contributed by atoms with Crippen LogP contribution < -0.4 is 4.18 Å². The van der Waals surface area contributed by atoms with Crippen LogP contribution >= 0.6 is 10.7 Å². The molecule has 1 rings (SSSR count). The van der Waals surface area contributed by atoms with Crippen LogP contribution in [0.25, 0.3) is 0 Å². The lowest BCUT2D eigenvalue weighted by Crippen LogP contribution is -2.11. The minimum absolute atomic E-state index is 0.0227. The third-order valence-electron chi connectivity index (χ3n) is 3.01. The Labute approximate surface area is 126 Å². The minimum Gasteiger partial charge on any atom is -0.358 e. The molecular weight excluding hydrogens is 347 g/mol. The predicted octanol–water partition coefficient (Wildman–Crippen LogP) is 2.09. The molecule has 0 fully saturated rings. The van der Waals surface area contributed by atoms with Crippen molar-refractivity contribution in [1.29, 1.82) is 0 Å². The topological polar surface area (TPSA) is 94.6 Å². The second-order valence-corrected chi connectivity index (χ2v) is 8.10. The van der Waals surface area contributed by atoms with Crippen LogP contribution in [0.15, 0.2) is 0 Å². The normalized spacial score (nSPS) is 12.2. The molecule has 21 heavy (non-hydrogen) atoms. The predicted molar refractivity (Wildman–Crippen MR) is 75.2 cm³/mol. The number of halogens is 2. The molecule has 0 aliphatic heterocycles. The molecule has 0 saturated carbocycles. The molecule has 0 N–H and O–H groups in total. The van der Waals surface area contributed by atoms with Gasteiger partial charge in [0.1, 0.15) is 0 Å². The number of benzene rings is 1. The summed E-state index contributed by atoms with van der Waals surface area (Å²) in [6, 6.07) is 0. The Hall–Kier alpha value is -1.19. The first kappa shape index (κ1) is 17.9. The quantitative estimate of drug-likeness (QED) is 0.590. The largest absolute Gasteiger partial charge is 0.488 e. The molecule has 0 amide bonds. The van der Waals surface area contributed by atoms with Crippen molar-refractivity contribution in [2.75, 3.05) is 0 Å². The maximum atomic E-state index is 12.8. The standard InChI is InChI=1S/C11H12ClFO6S2/c1-6-9(4-14)7(2)11(19-21(13,17)18)8(3)10(6)5-20(12,15)16/h4H,5H2,1-3H3. The number of rotatable bonds is 5. The van der Waals surface area contributed by atoms with E-state index in [1.54, 1.807) is 0 Å². The van der Waals surface area contributed by atoms with Gasteiger partial charge in [-0.1, -0.05) is 3.89 Å². The highest BCUT2D eigenvalue weighted by atomic mass is 35.7. The van der Waals surface area contributed by atoms with Crippen LogP contribution in [0.2, 0.25) is 0 Å². The van der Waals surface area contributed by atoms with Crippen molar-refractivity contribution in [3.63, 3.8) is 0 Å². The summed E-state index contributed by atoms with van der Waals surface area (Å²) in [6.07, 6.45) is 0.409. The first-order valence-electron chi connectivity index (χ1n) is 5.51. The first-order chi connectivity index (χ1) is 9.37. The molecular formula is C11H12ClFO6S2. The summed E-state index contributed by atoms with van der Waals surface area (Å²) in [6.45, 7) is 4.20. The summed E-state index contributed by atoms with van der Waals surface area (Å²) >= 11 is 0. The summed E-state index contributed by atoms with van der Waals surface area (Å²) in [5, 5.41) is 0. The van der Waals surface area contributed by atoms with Crippen molar-refractivity contribution in [2.45, 2.75) is 26.5 Å². The highest BCUT2D eigenvalue weighted by molar-refractivity contribution is 8.13. The van der Waals surface area contributed by atoms with Gasteiger partial charge in [-0.05, 0) is 37.5 Å². The molecule has 0 unspecified atom stereocenters. The monoisotopic (exact) mass is 358 g/mol. The molecule has 0 saturated heterocycles. The lowest BCUT2D eigenvalue weighted by molar-refractivity contribution is 0.112. The van der Waals surface area contributed by atoms with E-state index >= 15 is 0 Å². The molecule has 118 valence electrons. The second-order valence-electron chi connectivity index (χ2n) is 4.37. The van der Waals surface area contributed by atoms with Crippen molar-refractivity contribution in [3.05, 3.63) is 27.8 Å². The lowest BCUT2D eigenvalue weighted by atomic mass is 9.94. The van der Waals surface area contributed by atoms with Crippen LogP contribution in [0.3, 0.4) is 0 Å². The Morgan fingerprint density at radius 3 is 2.00 bits per heavy atom. The SMILES string of the molecule is Cc1c(C=O)c(C)c(OS(=O)(=O)F)c(C)c1CS(=O)(=O)Cl. The number of carbonyl (C=O) groups excluding carboxylic acids is 1. The molecule has 0 heterocycles. The van der Waals surface area contributed by atoms with Gasteiger partial charge in [-0.2, -0.15) is 8.42 Å². The third kappa shape index (κ3) is 4.39. The number of aldehydes is 1. The maximum absolute atomic E-state index is 12.8. The summed E-state index contributed by atoms with van der Waals surface area (Å²) in [7, 11) is -4.10. The van der Waals surface area contributed by atoms with E-state index in [-0.39, 0.29) is 22.3 Å². The van der Waals surface area contributed by atoms with Crippen molar-refractivity contribution < 1.29 is 29.7 Å². The molecule has 0 aromatic heterocycles. The molecule has 1 aromatic rings. The fraction of sp³-hybridized carbons (Fsp3) is 0.364. The lowest BCUT2D eigenvalue weighted by Gasteiger charge is -2.17. The fourth-order valence-electron chi connectivity index (χ4n) is 2.06. The van der Waals surface area contributed by atoms with Crippen molar-refractivity contribution in [1.82, 2.24) is 0 Å². The van der Waals surface area contributed by atoms with E-state index in [9.17, 15) is 25.5 Å². The van der Waals surface area contributed by atoms with Crippen LogP contribution in [0.5, 0.6) is 5.75 Å². The number of hydrogen-bond donors (Lipinski definition) is 0. The minimum atomic E-state index is -5.32. The highest BCUT2D eigenvalue weighted by Crippen LogP contribution is 2.34. The van der Waals surface area contributed by atoms with Crippen molar-refractivity contribution >= 4 is 36.5 Å². The Morgan fingerprint density at radius 1 is 1.10 bits per heavy atom.